The van der Waals surface area contributed by atoms with E-state index in [4.69, 9.17) is 18.3 Å². The second kappa shape index (κ2) is 30.2. The van der Waals surface area contributed by atoms with E-state index < -0.39 is 8.56 Å². The van der Waals surface area contributed by atoms with Gasteiger partial charge in [0.2, 0.25) is 0 Å². The molecule has 8 heteroatoms. The standard InChI is InChI=1S/C55H105NO6Si/c1-8-9-10-11-12-13-14-15-16-17-18-19-20-21-23-26-43-60-53(62-63(6,7)61-44-27-24-22-25-38-56(39-41-57)40-42-58)33-28-46(2)50-31-32-51-49-30-29-47-45-48(59-5)34-36-54(47,3)52(49)35-37-55(50,51)4/h15-16,46-53,57-58H,8-14,17-45H2,1-7H3/b16-15-/t46-,47?,48-,49?,50?,51?,52?,53?,54+,55-/m1/s1. The molecule has 4 saturated carbocycles. The number of rotatable bonds is 36. The van der Waals surface area contributed by atoms with Crippen molar-refractivity contribution in [2.24, 2.45) is 46.3 Å². The van der Waals surface area contributed by atoms with Crippen LogP contribution in [-0.2, 0) is 18.3 Å². The van der Waals surface area contributed by atoms with E-state index in [-0.39, 0.29) is 19.5 Å². The van der Waals surface area contributed by atoms with Crippen molar-refractivity contribution in [3.63, 3.8) is 0 Å². The van der Waals surface area contributed by atoms with Gasteiger partial charge in [0.25, 0.3) is 0 Å². The molecular weight excluding hydrogens is 799 g/mol. The first-order valence-corrected chi connectivity index (χ1v) is 30.4. The second-order valence-electron chi connectivity index (χ2n) is 22.4. The third kappa shape index (κ3) is 18.3. The number of unbranched alkanes of at least 4 members (excludes halogenated alkanes) is 15. The zero-order valence-corrected chi connectivity index (χ0v) is 43.7. The summed E-state index contributed by atoms with van der Waals surface area (Å²) in [5, 5.41) is 18.6. The molecule has 0 radical (unpaired) electrons. The fourth-order valence-electron chi connectivity index (χ4n) is 13.8. The quantitative estimate of drug-likeness (QED) is 0.0281. The number of aliphatic hydroxyl groups excluding tert-OH is 2. The zero-order valence-electron chi connectivity index (χ0n) is 42.7. The minimum absolute atomic E-state index is 0.145. The van der Waals surface area contributed by atoms with Crippen LogP contribution in [0.4, 0.5) is 0 Å². The number of aliphatic hydroxyl groups is 2. The molecule has 0 spiro atoms. The molecule has 4 aliphatic carbocycles. The molecule has 0 bridgehead atoms. The zero-order chi connectivity index (χ0) is 45.4. The van der Waals surface area contributed by atoms with Gasteiger partial charge < -0.3 is 28.5 Å². The summed E-state index contributed by atoms with van der Waals surface area (Å²) in [5.41, 5.74) is 0.999. The summed E-state index contributed by atoms with van der Waals surface area (Å²) in [4.78, 5) is 2.15. The highest BCUT2D eigenvalue weighted by Crippen LogP contribution is 2.68. The van der Waals surface area contributed by atoms with E-state index >= 15 is 0 Å². The Balaban J connectivity index is 1.21. The minimum Gasteiger partial charge on any atom is -0.395 e. The first-order valence-electron chi connectivity index (χ1n) is 27.6. The maximum Gasteiger partial charge on any atom is 0.333 e. The van der Waals surface area contributed by atoms with Crippen LogP contribution in [0.1, 0.15) is 214 Å². The summed E-state index contributed by atoms with van der Waals surface area (Å²) >= 11 is 0. The van der Waals surface area contributed by atoms with Crippen LogP contribution in [0.5, 0.6) is 0 Å². The van der Waals surface area contributed by atoms with E-state index in [1.165, 1.54) is 148 Å². The molecule has 0 amide bonds. The Morgan fingerprint density at radius 3 is 1.94 bits per heavy atom. The molecule has 0 heterocycles. The minimum atomic E-state index is -2.38. The first kappa shape index (κ1) is 55.3. The van der Waals surface area contributed by atoms with E-state index in [9.17, 15) is 10.2 Å². The van der Waals surface area contributed by atoms with Crippen molar-refractivity contribution in [1.82, 2.24) is 4.90 Å². The van der Waals surface area contributed by atoms with Gasteiger partial charge in [0.1, 0.15) is 6.29 Å². The van der Waals surface area contributed by atoms with Gasteiger partial charge in [-0.2, -0.15) is 0 Å². The van der Waals surface area contributed by atoms with Crippen molar-refractivity contribution < 1.29 is 28.5 Å². The van der Waals surface area contributed by atoms with Gasteiger partial charge in [-0.15, -0.1) is 0 Å². The van der Waals surface area contributed by atoms with Crippen molar-refractivity contribution in [2.75, 3.05) is 53.2 Å². The smallest absolute Gasteiger partial charge is 0.333 e. The summed E-state index contributed by atoms with van der Waals surface area (Å²) in [7, 11) is -0.447. The van der Waals surface area contributed by atoms with Gasteiger partial charge in [-0.3, -0.25) is 4.90 Å². The number of allylic oxidation sites excluding steroid dienone is 2. The molecule has 0 aromatic carbocycles. The van der Waals surface area contributed by atoms with Crippen LogP contribution in [0, 0.1) is 46.3 Å². The molecule has 0 saturated heterocycles. The number of hydrogen-bond donors (Lipinski definition) is 2. The van der Waals surface area contributed by atoms with Gasteiger partial charge in [0.15, 0.2) is 0 Å². The summed E-state index contributed by atoms with van der Waals surface area (Å²) < 4.78 is 26.0. The molecule has 4 fully saturated rings. The van der Waals surface area contributed by atoms with Crippen molar-refractivity contribution in [1.29, 1.82) is 0 Å². The number of ether oxygens (including phenoxy) is 2. The van der Waals surface area contributed by atoms with Crippen LogP contribution < -0.4 is 0 Å². The molecule has 10 atom stereocenters. The van der Waals surface area contributed by atoms with Crippen LogP contribution >= 0.6 is 0 Å². The Labute approximate surface area is 391 Å². The maximum absolute atomic E-state index is 9.32. The number of nitrogens with zero attached hydrogens (tertiary/aromatic N) is 1. The molecule has 2 N–H and O–H groups in total. The van der Waals surface area contributed by atoms with Crippen LogP contribution in [0.2, 0.25) is 13.1 Å². The van der Waals surface area contributed by atoms with Crippen molar-refractivity contribution in [2.45, 2.75) is 239 Å². The molecule has 4 aliphatic rings. The lowest BCUT2D eigenvalue weighted by Gasteiger charge is -2.61. The van der Waals surface area contributed by atoms with Crippen LogP contribution in [0.15, 0.2) is 12.2 Å². The summed E-state index contributed by atoms with van der Waals surface area (Å²) in [6.45, 7) is 18.7. The van der Waals surface area contributed by atoms with Gasteiger partial charge in [0, 0.05) is 33.4 Å². The molecule has 6 unspecified atom stereocenters. The Morgan fingerprint density at radius 2 is 1.27 bits per heavy atom. The third-order valence-electron chi connectivity index (χ3n) is 17.6. The number of fused-ring (bicyclic) bond motifs is 5. The third-order valence-corrected chi connectivity index (χ3v) is 19.3. The molecule has 0 aliphatic heterocycles. The lowest BCUT2D eigenvalue weighted by Crippen LogP contribution is -2.54. The van der Waals surface area contributed by atoms with E-state index in [1.807, 2.05) is 7.11 Å². The SMILES string of the molecule is CCCCCCCC/C=C\CCCCCCCCOC(CC[C@@H](C)C1CCC2C3CCC4C[C@H](OC)CC[C@]4(C)C3CC[C@@]21C)O[Si](C)(C)OCCCCCCN(CCO)CCO. The maximum atomic E-state index is 9.32. The molecular formula is C55H105NO6Si. The average molecular weight is 905 g/mol. The summed E-state index contributed by atoms with van der Waals surface area (Å²) in [6.07, 6.45) is 42.7. The summed E-state index contributed by atoms with van der Waals surface area (Å²) in [5.74, 6) is 5.08. The number of methoxy groups -OCH3 is 1. The Morgan fingerprint density at radius 1 is 0.667 bits per heavy atom. The van der Waals surface area contributed by atoms with Crippen LogP contribution in [0.25, 0.3) is 0 Å². The molecule has 0 aromatic heterocycles. The molecule has 0 aromatic rings. The predicted molar refractivity (Wildman–Crippen MR) is 267 cm³/mol. The number of hydrogen-bond acceptors (Lipinski definition) is 7. The van der Waals surface area contributed by atoms with Gasteiger partial charge >= 0.3 is 8.56 Å². The Kier molecular flexibility index (Phi) is 26.5. The highest BCUT2D eigenvalue weighted by molar-refractivity contribution is 6.64. The largest absolute Gasteiger partial charge is 0.395 e. The van der Waals surface area contributed by atoms with Gasteiger partial charge in [-0.05, 0) is 182 Å². The van der Waals surface area contributed by atoms with E-state index in [2.05, 4.69) is 57.8 Å². The highest BCUT2D eigenvalue weighted by Gasteiger charge is 2.60. The lowest BCUT2D eigenvalue weighted by molar-refractivity contribution is -0.134. The average Bonchev–Trinajstić information content (AvgIpc) is 3.63. The summed E-state index contributed by atoms with van der Waals surface area (Å²) in [6, 6.07) is 0. The van der Waals surface area contributed by atoms with Gasteiger partial charge in [-0.25, -0.2) is 0 Å². The molecule has 370 valence electrons. The van der Waals surface area contributed by atoms with Gasteiger partial charge in [0.05, 0.1) is 19.3 Å². The fourth-order valence-corrected chi connectivity index (χ4v) is 15.3. The van der Waals surface area contributed by atoms with Crippen LogP contribution in [0.3, 0.4) is 0 Å². The first-order chi connectivity index (χ1) is 30.5. The van der Waals surface area contributed by atoms with E-state index in [1.54, 1.807) is 0 Å². The molecule has 7 nitrogen and oxygen atoms in total. The molecule has 63 heavy (non-hydrogen) atoms. The van der Waals surface area contributed by atoms with Crippen LogP contribution in [-0.4, -0.2) is 89.2 Å². The normalized spacial score (nSPS) is 29.6. The van der Waals surface area contributed by atoms with Crippen molar-refractivity contribution in [3.05, 3.63) is 12.2 Å². The Bertz CT molecular complexity index is 1200. The van der Waals surface area contributed by atoms with Gasteiger partial charge in [-0.1, -0.05) is 110 Å². The topological polar surface area (TPSA) is 80.6 Å². The fraction of sp³-hybridized carbons (Fsp3) is 0.964. The highest BCUT2D eigenvalue weighted by atomic mass is 28.4. The monoisotopic (exact) mass is 904 g/mol. The lowest BCUT2D eigenvalue weighted by atomic mass is 9.44. The molecule has 4 rings (SSSR count). The Hall–Kier alpha value is -0.323. The predicted octanol–water partition coefficient (Wildman–Crippen LogP) is 14.0. The van der Waals surface area contributed by atoms with E-state index in [0.29, 0.717) is 35.9 Å². The van der Waals surface area contributed by atoms with E-state index in [0.717, 1.165) is 87.9 Å². The second-order valence-corrected chi connectivity index (χ2v) is 25.7. The van der Waals surface area contributed by atoms with Crippen molar-refractivity contribution in [3.8, 4) is 0 Å². The van der Waals surface area contributed by atoms with Crippen molar-refractivity contribution >= 4 is 8.56 Å².